The Hall–Kier alpha value is -0.860. The third-order valence-corrected chi connectivity index (χ3v) is 2.61. The molecule has 0 saturated carbocycles. The minimum atomic E-state index is -0.536. The lowest BCUT2D eigenvalue weighted by Crippen LogP contribution is -2.13. The molecule has 0 aromatic rings. The monoisotopic (exact) mass is 222 g/mol. The van der Waals surface area contributed by atoms with Gasteiger partial charge < -0.3 is 10.2 Å². The highest BCUT2D eigenvalue weighted by molar-refractivity contribution is 4.97. The van der Waals surface area contributed by atoms with Gasteiger partial charge in [-0.25, -0.2) is 0 Å². The number of hydrogen-bond donors (Lipinski definition) is 2. The molecule has 0 fully saturated rings. The van der Waals surface area contributed by atoms with Crippen LogP contribution >= 0.6 is 0 Å². The van der Waals surface area contributed by atoms with Gasteiger partial charge in [0, 0.05) is 6.42 Å². The van der Waals surface area contributed by atoms with E-state index in [2.05, 4.69) is 12.2 Å². The minimum absolute atomic E-state index is 0.392. The summed E-state index contributed by atoms with van der Waals surface area (Å²) in [7, 11) is 0. The molecule has 1 rings (SSSR count). The average molecular weight is 222 g/mol. The molecule has 0 heterocycles. The van der Waals surface area contributed by atoms with Crippen LogP contribution in [-0.2, 0) is 0 Å². The molecule has 0 bridgehead atoms. The van der Waals surface area contributed by atoms with Gasteiger partial charge in [0.25, 0.3) is 0 Å². The molecule has 0 amide bonds. The van der Waals surface area contributed by atoms with Crippen molar-refractivity contribution in [1.29, 1.82) is 0 Å². The normalized spacial score (nSPS) is 28.9. The van der Waals surface area contributed by atoms with Crippen LogP contribution in [0, 0.1) is 0 Å². The topological polar surface area (TPSA) is 40.5 Å². The first-order valence-corrected chi connectivity index (χ1v) is 6.13. The van der Waals surface area contributed by atoms with Gasteiger partial charge in [-0.15, -0.1) is 0 Å². The molecule has 1 aliphatic carbocycles. The van der Waals surface area contributed by atoms with E-state index in [0.29, 0.717) is 6.42 Å². The molecule has 2 nitrogen and oxygen atoms in total. The maximum absolute atomic E-state index is 9.59. The average Bonchev–Trinajstić information content (AvgIpc) is 2.25. The summed E-state index contributed by atoms with van der Waals surface area (Å²) in [6.07, 6.45) is 16.5. The lowest BCUT2D eigenvalue weighted by Gasteiger charge is -2.09. The van der Waals surface area contributed by atoms with E-state index in [1.54, 1.807) is 12.2 Å². The van der Waals surface area contributed by atoms with Crippen LogP contribution in [0.1, 0.15) is 38.5 Å². The van der Waals surface area contributed by atoms with Crippen LogP contribution < -0.4 is 0 Å². The van der Waals surface area contributed by atoms with E-state index in [1.165, 1.54) is 0 Å². The van der Waals surface area contributed by atoms with Crippen molar-refractivity contribution in [2.24, 2.45) is 0 Å². The summed E-state index contributed by atoms with van der Waals surface area (Å²) >= 11 is 0. The Morgan fingerprint density at radius 3 is 1.94 bits per heavy atom. The van der Waals surface area contributed by atoms with Gasteiger partial charge in [0.1, 0.15) is 0 Å². The van der Waals surface area contributed by atoms with E-state index < -0.39 is 12.2 Å². The summed E-state index contributed by atoms with van der Waals surface area (Å²) in [5.74, 6) is 0. The van der Waals surface area contributed by atoms with E-state index in [4.69, 9.17) is 0 Å². The number of hydrogen-bond acceptors (Lipinski definition) is 2. The molecule has 0 radical (unpaired) electrons. The third kappa shape index (κ3) is 6.59. The molecule has 0 spiro atoms. The van der Waals surface area contributed by atoms with Crippen LogP contribution in [0.3, 0.4) is 0 Å². The minimum Gasteiger partial charge on any atom is -0.389 e. The van der Waals surface area contributed by atoms with Crippen molar-refractivity contribution in [3.05, 3.63) is 36.5 Å². The fourth-order valence-electron chi connectivity index (χ4n) is 1.69. The zero-order valence-electron chi connectivity index (χ0n) is 9.76. The van der Waals surface area contributed by atoms with E-state index in [1.807, 2.05) is 12.2 Å². The third-order valence-electron chi connectivity index (χ3n) is 2.61. The van der Waals surface area contributed by atoms with E-state index in [9.17, 15) is 10.2 Å². The summed E-state index contributed by atoms with van der Waals surface area (Å²) in [6, 6.07) is 0. The molecular formula is C14H22O2. The lowest BCUT2D eigenvalue weighted by atomic mass is 10.1. The first-order chi connectivity index (χ1) is 7.79. The first kappa shape index (κ1) is 13.2. The second kappa shape index (κ2) is 8.31. The maximum Gasteiger partial charge on any atom is 0.0748 e. The molecule has 0 aliphatic heterocycles. The number of aliphatic hydroxyl groups is 2. The molecule has 16 heavy (non-hydrogen) atoms. The van der Waals surface area contributed by atoms with Gasteiger partial charge in [0.15, 0.2) is 0 Å². The molecular weight excluding hydrogens is 200 g/mol. The molecule has 0 saturated heterocycles. The molecule has 0 aromatic heterocycles. The van der Waals surface area contributed by atoms with Gasteiger partial charge in [-0.2, -0.15) is 0 Å². The van der Waals surface area contributed by atoms with Crippen molar-refractivity contribution < 1.29 is 10.2 Å². The summed E-state index contributed by atoms with van der Waals surface area (Å²) in [5.41, 5.74) is 0. The Bertz CT molecular complexity index is 253. The van der Waals surface area contributed by atoms with Gasteiger partial charge >= 0.3 is 0 Å². The Balaban J connectivity index is 2.47. The van der Waals surface area contributed by atoms with Crippen LogP contribution in [-0.4, -0.2) is 22.4 Å². The number of aliphatic hydroxyl groups excluding tert-OH is 2. The lowest BCUT2D eigenvalue weighted by molar-refractivity contribution is 0.133. The molecule has 2 N–H and O–H groups in total. The summed E-state index contributed by atoms with van der Waals surface area (Å²) in [5, 5.41) is 19.2. The quantitative estimate of drug-likeness (QED) is 0.619. The Morgan fingerprint density at radius 2 is 1.19 bits per heavy atom. The second-order valence-corrected chi connectivity index (χ2v) is 4.21. The molecule has 1 aliphatic rings. The summed E-state index contributed by atoms with van der Waals surface area (Å²) in [4.78, 5) is 0. The van der Waals surface area contributed by atoms with Crippen molar-refractivity contribution in [2.45, 2.75) is 50.7 Å². The maximum atomic E-state index is 9.59. The molecule has 0 aromatic carbocycles. The van der Waals surface area contributed by atoms with Crippen molar-refractivity contribution >= 4 is 0 Å². The zero-order chi connectivity index (χ0) is 11.6. The standard InChI is InChI=1S/C14H22O2/c15-13-10-8-6-4-2-1-3-5-7-9-11-14(16)12-13/h1-2,8-11,13-16H,3-7,12H2. The summed E-state index contributed by atoms with van der Waals surface area (Å²) < 4.78 is 0. The largest absolute Gasteiger partial charge is 0.389 e. The van der Waals surface area contributed by atoms with Gasteiger partial charge in [-0.05, 0) is 32.1 Å². The number of rotatable bonds is 0. The van der Waals surface area contributed by atoms with Gasteiger partial charge in [0.05, 0.1) is 12.2 Å². The highest BCUT2D eigenvalue weighted by Gasteiger charge is 2.05. The fraction of sp³-hybridized carbons (Fsp3) is 0.571. The number of allylic oxidation sites excluding steroid dienone is 4. The van der Waals surface area contributed by atoms with Crippen LogP contribution in [0.2, 0.25) is 0 Å². The smallest absolute Gasteiger partial charge is 0.0748 e. The van der Waals surface area contributed by atoms with Crippen molar-refractivity contribution in [3.8, 4) is 0 Å². The van der Waals surface area contributed by atoms with Crippen molar-refractivity contribution in [2.75, 3.05) is 0 Å². The van der Waals surface area contributed by atoms with Gasteiger partial charge in [-0.3, -0.25) is 0 Å². The highest BCUT2D eigenvalue weighted by atomic mass is 16.3. The zero-order valence-corrected chi connectivity index (χ0v) is 9.76. The second-order valence-electron chi connectivity index (χ2n) is 4.21. The first-order valence-electron chi connectivity index (χ1n) is 6.13. The molecule has 2 atom stereocenters. The van der Waals surface area contributed by atoms with Crippen molar-refractivity contribution in [1.82, 2.24) is 0 Å². The van der Waals surface area contributed by atoms with Gasteiger partial charge in [0.2, 0.25) is 0 Å². The molecule has 2 unspecified atom stereocenters. The van der Waals surface area contributed by atoms with Crippen LogP contribution in [0.4, 0.5) is 0 Å². The molecule has 2 heteroatoms. The van der Waals surface area contributed by atoms with E-state index in [0.717, 1.165) is 32.1 Å². The summed E-state index contributed by atoms with van der Waals surface area (Å²) in [6.45, 7) is 0. The SMILES string of the molecule is OC1C=CCCC=CCCCC=CC(O)C1. The van der Waals surface area contributed by atoms with E-state index in [-0.39, 0.29) is 0 Å². The van der Waals surface area contributed by atoms with Crippen LogP contribution in [0.15, 0.2) is 36.5 Å². The van der Waals surface area contributed by atoms with Gasteiger partial charge in [-0.1, -0.05) is 36.5 Å². The Morgan fingerprint density at radius 1 is 0.688 bits per heavy atom. The van der Waals surface area contributed by atoms with Crippen LogP contribution in [0.25, 0.3) is 0 Å². The van der Waals surface area contributed by atoms with Crippen LogP contribution in [0.5, 0.6) is 0 Å². The Kier molecular flexibility index (Phi) is 6.86. The fourth-order valence-corrected chi connectivity index (χ4v) is 1.69. The molecule has 90 valence electrons. The Labute approximate surface area is 98.0 Å². The van der Waals surface area contributed by atoms with Crippen molar-refractivity contribution in [3.63, 3.8) is 0 Å². The highest BCUT2D eigenvalue weighted by Crippen LogP contribution is 2.06. The predicted molar refractivity (Wildman–Crippen MR) is 67.1 cm³/mol. The van der Waals surface area contributed by atoms with E-state index >= 15 is 0 Å². The predicted octanol–water partition coefficient (Wildman–Crippen LogP) is 2.73.